The van der Waals surface area contributed by atoms with Crippen LogP contribution in [0.4, 0.5) is 0 Å². The number of piperazine rings is 1. The van der Waals surface area contributed by atoms with Crippen molar-refractivity contribution < 1.29 is 24.2 Å². The molecule has 0 radical (unpaired) electrons. The van der Waals surface area contributed by atoms with Gasteiger partial charge in [-0.2, -0.15) is 5.10 Å². The van der Waals surface area contributed by atoms with Crippen molar-refractivity contribution in [1.82, 2.24) is 34.9 Å². The van der Waals surface area contributed by atoms with E-state index in [0.29, 0.717) is 63.4 Å². The standard InChI is InChI=1S/C28H35N7O5/c1-33-15-19(13-32-33)18-2-4-21-24(12-18)39-11-6-20-3-5-23(36)25(40-20)14-31-27(37)22-16-34(9-10-35(22)28(21)38)17-26-29-7-8-30-26/h2,4,7-8,12-13,15,20,22-23,25,36H,3,5-6,9-11,14,16-17H2,1H3,(H,29,30)(H,31,37)/t20-,22-,23-,25+/m0/s1. The van der Waals surface area contributed by atoms with E-state index in [-0.39, 0.29) is 24.5 Å². The molecule has 3 aromatic rings. The second-order valence-electron chi connectivity index (χ2n) is 10.7. The Labute approximate surface area is 232 Å². The van der Waals surface area contributed by atoms with Gasteiger partial charge in [0.1, 0.15) is 23.7 Å². The van der Waals surface area contributed by atoms with Gasteiger partial charge in [0.05, 0.1) is 37.1 Å². The minimum absolute atomic E-state index is 0.108. The van der Waals surface area contributed by atoms with Crippen molar-refractivity contribution in [3.8, 4) is 16.9 Å². The highest BCUT2D eigenvalue weighted by Gasteiger charge is 2.38. The molecule has 40 heavy (non-hydrogen) atoms. The molecule has 2 bridgehead atoms. The zero-order valence-electron chi connectivity index (χ0n) is 22.5. The fourth-order valence-corrected chi connectivity index (χ4v) is 5.73. The molecule has 2 amide bonds. The molecule has 12 nitrogen and oxygen atoms in total. The molecule has 0 unspecified atom stereocenters. The normalized spacial score (nSPS) is 26.3. The monoisotopic (exact) mass is 549 g/mol. The number of imidazole rings is 1. The lowest BCUT2D eigenvalue weighted by molar-refractivity contribution is -0.135. The number of aromatic nitrogens is 4. The molecule has 0 spiro atoms. The first kappa shape index (κ1) is 26.5. The first-order chi connectivity index (χ1) is 19.4. The predicted molar refractivity (Wildman–Crippen MR) is 144 cm³/mol. The minimum Gasteiger partial charge on any atom is -0.493 e. The largest absolute Gasteiger partial charge is 0.493 e. The van der Waals surface area contributed by atoms with Crippen molar-refractivity contribution >= 4 is 11.8 Å². The zero-order chi connectivity index (χ0) is 27.6. The number of hydrogen-bond acceptors (Lipinski definition) is 8. The Kier molecular flexibility index (Phi) is 7.55. The maximum Gasteiger partial charge on any atom is 0.258 e. The van der Waals surface area contributed by atoms with E-state index in [0.717, 1.165) is 17.0 Å². The first-order valence-corrected chi connectivity index (χ1v) is 13.8. The molecule has 2 aromatic heterocycles. The van der Waals surface area contributed by atoms with Gasteiger partial charge in [-0.25, -0.2) is 4.98 Å². The minimum atomic E-state index is -0.735. The quantitative estimate of drug-likeness (QED) is 0.439. The van der Waals surface area contributed by atoms with Crippen LogP contribution in [-0.2, 0) is 23.1 Å². The number of benzene rings is 1. The van der Waals surface area contributed by atoms with E-state index in [9.17, 15) is 14.7 Å². The van der Waals surface area contributed by atoms with Crippen LogP contribution in [0, 0.1) is 0 Å². The molecular formula is C28H35N7O5. The molecule has 3 aliphatic rings. The number of amides is 2. The number of aryl methyl sites for hydroxylation is 1. The predicted octanol–water partition coefficient (Wildman–Crippen LogP) is 0.944. The Morgan fingerprint density at radius 2 is 2.05 bits per heavy atom. The zero-order valence-corrected chi connectivity index (χ0v) is 22.5. The molecule has 4 atom stereocenters. The summed E-state index contributed by atoms with van der Waals surface area (Å²) in [6, 6.07) is 4.80. The Morgan fingerprint density at radius 1 is 1.15 bits per heavy atom. The fraction of sp³-hybridized carbons (Fsp3) is 0.500. The molecule has 0 aliphatic carbocycles. The molecular weight excluding hydrogens is 514 g/mol. The lowest BCUT2D eigenvalue weighted by Crippen LogP contribution is -2.61. The smallest absolute Gasteiger partial charge is 0.258 e. The van der Waals surface area contributed by atoms with Crippen molar-refractivity contribution in [3.05, 3.63) is 54.4 Å². The van der Waals surface area contributed by atoms with E-state index < -0.39 is 18.2 Å². The summed E-state index contributed by atoms with van der Waals surface area (Å²) in [7, 11) is 1.86. The molecule has 6 rings (SSSR count). The Morgan fingerprint density at radius 3 is 2.85 bits per heavy atom. The third-order valence-electron chi connectivity index (χ3n) is 7.96. The molecule has 12 heteroatoms. The van der Waals surface area contributed by atoms with Crippen LogP contribution < -0.4 is 10.1 Å². The fourth-order valence-electron chi connectivity index (χ4n) is 5.73. The van der Waals surface area contributed by atoms with Gasteiger partial charge in [-0.1, -0.05) is 6.07 Å². The second kappa shape index (κ2) is 11.4. The van der Waals surface area contributed by atoms with Crippen LogP contribution in [0.3, 0.4) is 0 Å². The van der Waals surface area contributed by atoms with Gasteiger partial charge in [-0.3, -0.25) is 19.2 Å². The number of carbonyl (C=O) groups is 2. The van der Waals surface area contributed by atoms with Crippen molar-refractivity contribution in [2.24, 2.45) is 7.05 Å². The number of nitrogens with zero attached hydrogens (tertiary/aromatic N) is 5. The number of fused-ring (bicyclic) bond motifs is 4. The summed E-state index contributed by atoms with van der Waals surface area (Å²) < 4.78 is 14.1. The van der Waals surface area contributed by atoms with Crippen molar-refractivity contribution in [1.29, 1.82) is 0 Å². The van der Waals surface area contributed by atoms with Gasteiger partial charge < -0.3 is 29.8 Å². The average Bonchev–Trinajstić information content (AvgIpc) is 3.64. The number of rotatable bonds is 3. The number of carbonyl (C=O) groups excluding carboxylic acids is 2. The summed E-state index contributed by atoms with van der Waals surface area (Å²) in [4.78, 5) is 38.8. The van der Waals surface area contributed by atoms with Crippen molar-refractivity contribution in [2.75, 3.05) is 32.8 Å². The molecule has 3 aliphatic heterocycles. The van der Waals surface area contributed by atoms with Crippen LogP contribution in [0.25, 0.3) is 11.1 Å². The van der Waals surface area contributed by atoms with E-state index in [1.54, 1.807) is 34.2 Å². The van der Waals surface area contributed by atoms with Gasteiger partial charge in [-0.15, -0.1) is 0 Å². The first-order valence-electron chi connectivity index (χ1n) is 13.8. The van der Waals surface area contributed by atoms with Gasteiger partial charge in [0.25, 0.3) is 5.91 Å². The van der Waals surface area contributed by atoms with Crippen LogP contribution in [0.1, 0.15) is 35.4 Å². The summed E-state index contributed by atoms with van der Waals surface area (Å²) in [6.07, 6.45) is 7.77. The van der Waals surface area contributed by atoms with Crippen LogP contribution in [0.5, 0.6) is 5.75 Å². The molecule has 2 fully saturated rings. The van der Waals surface area contributed by atoms with Crippen molar-refractivity contribution in [2.45, 2.75) is 50.2 Å². The SMILES string of the molecule is Cn1cc(-c2ccc3c(c2)OCC[C@@H]2CC[C@H](O)[C@@H](CNC(=O)[C@@H]4CN(Cc5ncc[nH]5)CCN4C3=O)O2)cn1. The van der Waals surface area contributed by atoms with Crippen LogP contribution in [-0.4, -0.2) is 104 Å². The van der Waals surface area contributed by atoms with Gasteiger partial charge in [0.15, 0.2) is 0 Å². The number of ether oxygens (including phenoxy) is 2. The van der Waals surface area contributed by atoms with Crippen LogP contribution in [0.15, 0.2) is 43.0 Å². The van der Waals surface area contributed by atoms with E-state index in [1.165, 1.54) is 0 Å². The number of aliphatic hydroxyl groups is 1. The maximum atomic E-state index is 14.1. The molecule has 1 aromatic carbocycles. The number of aromatic amines is 1. The topological polar surface area (TPSA) is 138 Å². The molecule has 212 valence electrons. The van der Waals surface area contributed by atoms with Crippen LogP contribution in [0.2, 0.25) is 0 Å². The van der Waals surface area contributed by atoms with E-state index in [1.807, 2.05) is 25.4 Å². The van der Waals surface area contributed by atoms with Crippen LogP contribution >= 0.6 is 0 Å². The Hall–Kier alpha value is -3.74. The molecule has 5 heterocycles. The van der Waals surface area contributed by atoms with Gasteiger partial charge in [-0.05, 0) is 30.5 Å². The summed E-state index contributed by atoms with van der Waals surface area (Å²) in [6.45, 7) is 2.38. The Balaban J connectivity index is 1.32. The lowest BCUT2D eigenvalue weighted by Gasteiger charge is -2.41. The molecule has 0 saturated carbocycles. The van der Waals surface area contributed by atoms with Gasteiger partial charge in [0, 0.05) is 63.8 Å². The van der Waals surface area contributed by atoms with Crippen molar-refractivity contribution in [3.63, 3.8) is 0 Å². The van der Waals surface area contributed by atoms with Gasteiger partial charge in [0.2, 0.25) is 5.91 Å². The second-order valence-corrected chi connectivity index (χ2v) is 10.7. The summed E-state index contributed by atoms with van der Waals surface area (Å²) >= 11 is 0. The molecule has 2 saturated heterocycles. The third-order valence-corrected chi connectivity index (χ3v) is 7.96. The highest BCUT2D eigenvalue weighted by atomic mass is 16.5. The van der Waals surface area contributed by atoms with Gasteiger partial charge >= 0.3 is 0 Å². The number of hydrogen-bond donors (Lipinski definition) is 3. The number of aliphatic hydroxyl groups excluding tert-OH is 1. The summed E-state index contributed by atoms with van der Waals surface area (Å²) in [5, 5.41) is 17.8. The van der Waals surface area contributed by atoms with E-state index >= 15 is 0 Å². The summed E-state index contributed by atoms with van der Waals surface area (Å²) in [5.41, 5.74) is 2.22. The number of nitrogens with one attached hydrogen (secondary N) is 2. The highest BCUT2D eigenvalue weighted by molar-refractivity contribution is 6.00. The van der Waals surface area contributed by atoms with E-state index in [2.05, 4.69) is 25.3 Å². The van der Waals surface area contributed by atoms with E-state index in [4.69, 9.17) is 9.47 Å². The Bertz CT molecular complexity index is 1340. The number of H-pyrrole nitrogens is 1. The lowest BCUT2D eigenvalue weighted by atomic mass is 9.99. The third kappa shape index (κ3) is 5.60. The summed E-state index contributed by atoms with van der Waals surface area (Å²) in [5.74, 6) is 0.738. The average molecular weight is 550 g/mol. The maximum absolute atomic E-state index is 14.1. The highest BCUT2D eigenvalue weighted by Crippen LogP contribution is 2.30. The molecule has 3 N–H and O–H groups in total.